The molecule has 1 aliphatic heterocycles. The van der Waals surface area contributed by atoms with Crippen molar-refractivity contribution >= 4 is 0 Å². The fraction of sp³-hybridized carbons (Fsp3) is 0.375. The van der Waals surface area contributed by atoms with Gasteiger partial charge in [-0.05, 0) is 56.0 Å². The van der Waals surface area contributed by atoms with Gasteiger partial charge in [-0.2, -0.15) is 0 Å². The molecule has 0 aromatic heterocycles. The van der Waals surface area contributed by atoms with Crippen LogP contribution in [0.3, 0.4) is 0 Å². The number of benzene rings is 1. The summed E-state index contributed by atoms with van der Waals surface area (Å²) >= 11 is 0. The summed E-state index contributed by atoms with van der Waals surface area (Å²) in [6, 6.07) is 6.63. The molecular weight excluding hydrogens is 208 g/mol. The van der Waals surface area contributed by atoms with E-state index in [2.05, 4.69) is 64.1 Å². The van der Waals surface area contributed by atoms with Gasteiger partial charge in [0.2, 0.25) is 0 Å². The van der Waals surface area contributed by atoms with E-state index in [0.717, 1.165) is 0 Å². The highest BCUT2D eigenvalue weighted by Gasteiger charge is 2.67. The molecule has 1 aromatic carbocycles. The molecule has 1 nitrogen and oxygen atoms in total. The quantitative estimate of drug-likeness (QED) is 0.663. The first-order valence-electron chi connectivity index (χ1n) is 6.14. The number of epoxide rings is 1. The van der Waals surface area contributed by atoms with Crippen LogP contribution < -0.4 is 0 Å². The summed E-state index contributed by atoms with van der Waals surface area (Å²) in [6.07, 6.45) is 6.44. The van der Waals surface area contributed by atoms with Crippen molar-refractivity contribution in [2.75, 3.05) is 0 Å². The van der Waals surface area contributed by atoms with E-state index in [1.165, 1.54) is 22.3 Å². The summed E-state index contributed by atoms with van der Waals surface area (Å²) in [7, 11) is 0. The number of rotatable bonds is 1. The van der Waals surface area contributed by atoms with Crippen molar-refractivity contribution in [2.24, 2.45) is 0 Å². The van der Waals surface area contributed by atoms with E-state index in [4.69, 9.17) is 4.74 Å². The van der Waals surface area contributed by atoms with Gasteiger partial charge in [0.25, 0.3) is 0 Å². The summed E-state index contributed by atoms with van der Waals surface area (Å²) in [5.41, 5.74) is 4.88. The van der Waals surface area contributed by atoms with Crippen molar-refractivity contribution in [1.82, 2.24) is 0 Å². The SMILES string of the molecule is CC1=CC=CC2(c3ccc(C)c(C)c3)OC12C. The first-order chi connectivity index (χ1) is 7.99. The molecule has 3 rings (SSSR count). The van der Waals surface area contributed by atoms with Crippen LogP contribution in [0.5, 0.6) is 0 Å². The Labute approximate surface area is 103 Å². The van der Waals surface area contributed by atoms with Crippen molar-refractivity contribution in [3.8, 4) is 0 Å². The Morgan fingerprint density at radius 2 is 1.82 bits per heavy atom. The lowest BCUT2D eigenvalue weighted by atomic mass is 9.79. The topological polar surface area (TPSA) is 12.5 Å². The molecule has 0 saturated carbocycles. The molecule has 0 amide bonds. The van der Waals surface area contributed by atoms with Crippen molar-refractivity contribution in [1.29, 1.82) is 0 Å². The third-order valence-corrected chi connectivity index (χ3v) is 4.40. The maximum absolute atomic E-state index is 6.09. The van der Waals surface area contributed by atoms with E-state index in [-0.39, 0.29) is 11.2 Å². The molecule has 1 heteroatoms. The number of ether oxygens (including phenoxy) is 1. The monoisotopic (exact) mass is 226 g/mol. The van der Waals surface area contributed by atoms with Crippen LogP contribution in [0.2, 0.25) is 0 Å². The molecular formula is C16H18O. The minimum Gasteiger partial charge on any atom is -0.348 e. The average molecular weight is 226 g/mol. The highest BCUT2D eigenvalue weighted by molar-refractivity contribution is 5.51. The van der Waals surface area contributed by atoms with Gasteiger partial charge in [-0.3, -0.25) is 0 Å². The van der Waals surface area contributed by atoms with Crippen LogP contribution in [0.4, 0.5) is 0 Å². The summed E-state index contributed by atoms with van der Waals surface area (Å²) in [4.78, 5) is 0. The molecule has 1 saturated heterocycles. The van der Waals surface area contributed by atoms with Gasteiger partial charge in [-0.25, -0.2) is 0 Å². The van der Waals surface area contributed by atoms with Gasteiger partial charge in [-0.15, -0.1) is 0 Å². The second-order valence-electron chi connectivity index (χ2n) is 5.38. The maximum atomic E-state index is 6.09. The zero-order valence-electron chi connectivity index (χ0n) is 10.9. The molecule has 0 spiro atoms. The van der Waals surface area contributed by atoms with Crippen LogP contribution in [0.15, 0.2) is 42.0 Å². The molecule has 1 aliphatic carbocycles. The third kappa shape index (κ3) is 1.23. The summed E-state index contributed by atoms with van der Waals surface area (Å²) in [5, 5.41) is 0. The van der Waals surface area contributed by atoms with Crippen LogP contribution in [-0.4, -0.2) is 5.60 Å². The van der Waals surface area contributed by atoms with Gasteiger partial charge in [0.05, 0.1) is 0 Å². The Balaban J connectivity index is 2.10. The number of fused-ring (bicyclic) bond motifs is 1. The van der Waals surface area contributed by atoms with Crippen LogP contribution in [0.1, 0.15) is 30.5 Å². The molecule has 2 aliphatic rings. The third-order valence-electron chi connectivity index (χ3n) is 4.40. The van der Waals surface area contributed by atoms with Gasteiger partial charge < -0.3 is 4.74 Å². The van der Waals surface area contributed by atoms with E-state index in [1.807, 2.05) is 0 Å². The number of aryl methyl sites for hydroxylation is 2. The molecule has 88 valence electrons. The van der Waals surface area contributed by atoms with Gasteiger partial charge in [0.1, 0.15) is 11.2 Å². The largest absolute Gasteiger partial charge is 0.348 e. The smallest absolute Gasteiger partial charge is 0.145 e. The van der Waals surface area contributed by atoms with E-state index in [0.29, 0.717) is 0 Å². The van der Waals surface area contributed by atoms with Crippen molar-refractivity contribution in [2.45, 2.75) is 38.9 Å². The highest BCUT2D eigenvalue weighted by atomic mass is 16.6. The van der Waals surface area contributed by atoms with Gasteiger partial charge >= 0.3 is 0 Å². The fourth-order valence-corrected chi connectivity index (χ4v) is 2.75. The standard InChI is InChI=1S/C16H18O/c1-11-7-8-14(10-12(11)2)16-9-5-6-13(3)15(16,4)17-16/h5-10H,1-4H3. The minimum absolute atomic E-state index is 0.135. The molecule has 0 N–H and O–H groups in total. The lowest BCUT2D eigenvalue weighted by molar-refractivity contribution is 0.310. The molecule has 1 heterocycles. The molecule has 2 atom stereocenters. The van der Waals surface area contributed by atoms with Crippen molar-refractivity contribution in [3.63, 3.8) is 0 Å². The second kappa shape index (κ2) is 3.11. The molecule has 1 fully saturated rings. The molecule has 1 aromatic rings. The van der Waals surface area contributed by atoms with Crippen molar-refractivity contribution in [3.05, 3.63) is 58.7 Å². The Morgan fingerprint density at radius 1 is 1.06 bits per heavy atom. The zero-order valence-corrected chi connectivity index (χ0v) is 10.9. The van der Waals surface area contributed by atoms with Crippen molar-refractivity contribution < 1.29 is 4.74 Å². The van der Waals surface area contributed by atoms with Gasteiger partial charge in [0, 0.05) is 0 Å². The second-order valence-corrected chi connectivity index (χ2v) is 5.38. The first kappa shape index (κ1) is 10.8. The summed E-state index contributed by atoms with van der Waals surface area (Å²) in [5.74, 6) is 0. The Kier molecular flexibility index (Phi) is 1.97. The van der Waals surface area contributed by atoms with E-state index >= 15 is 0 Å². The fourth-order valence-electron chi connectivity index (χ4n) is 2.75. The highest BCUT2D eigenvalue weighted by Crippen LogP contribution is 2.61. The lowest BCUT2D eigenvalue weighted by Crippen LogP contribution is -2.22. The van der Waals surface area contributed by atoms with Crippen LogP contribution in [-0.2, 0) is 10.3 Å². The molecule has 0 radical (unpaired) electrons. The lowest BCUT2D eigenvalue weighted by Gasteiger charge is -2.18. The Bertz CT molecular complexity index is 553. The van der Waals surface area contributed by atoms with Gasteiger partial charge in [-0.1, -0.05) is 30.4 Å². The Morgan fingerprint density at radius 3 is 2.53 bits per heavy atom. The number of hydrogen-bond acceptors (Lipinski definition) is 1. The van der Waals surface area contributed by atoms with Crippen LogP contribution >= 0.6 is 0 Å². The number of hydrogen-bond donors (Lipinski definition) is 0. The van der Waals surface area contributed by atoms with E-state index in [9.17, 15) is 0 Å². The predicted molar refractivity (Wildman–Crippen MR) is 70.0 cm³/mol. The summed E-state index contributed by atoms with van der Waals surface area (Å²) < 4.78 is 6.09. The van der Waals surface area contributed by atoms with Crippen LogP contribution in [0, 0.1) is 13.8 Å². The van der Waals surface area contributed by atoms with Crippen LogP contribution in [0.25, 0.3) is 0 Å². The zero-order chi connectivity index (χ0) is 12.3. The van der Waals surface area contributed by atoms with E-state index in [1.54, 1.807) is 0 Å². The summed E-state index contributed by atoms with van der Waals surface area (Å²) in [6.45, 7) is 8.62. The molecule has 17 heavy (non-hydrogen) atoms. The first-order valence-corrected chi connectivity index (χ1v) is 6.14. The Hall–Kier alpha value is -1.34. The normalized spacial score (nSPS) is 34.2. The van der Waals surface area contributed by atoms with Gasteiger partial charge in [0.15, 0.2) is 0 Å². The molecule has 0 bridgehead atoms. The predicted octanol–water partition coefficient (Wildman–Crippen LogP) is 3.80. The average Bonchev–Trinajstić information content (AvgIpc) is 2.92. The minimum atomic E-state index is -0.218. The molecule has 2 unspecified atom stereocenters. The van der Waals surface area contributed by atoms with E-state index < -0.39 is 0 Å². The number of allylic oxidation sites excluding steroid dienone is 2. The maximum Gasteiger partial charge on any atom is 0.145 e.